The van der Waals surface area contributed by atoms with Crippen LogP contribution >= 0.6 is 11.8 Å². The number of pyridine rings is 1. The number of anilines is 3. The smallest absolute Gasteiger partial charge is 0.144 e. The SMILES string of the molecule is NNc1cc(N2CCOCC2)cc(N2CCSCC2)n1. The lowest BCUT2D eigenvalue weighted by Crippen LogP contribution is -2.37. The van der Waals surface area contributed by atoms with E-state index in [-0.39, 0.29) is 0 Å². The lowest BCUT2D eigenvalue weighted by Gasteiger charge is -2.32. The van der Waals surface area contributed by atoms with Crippen molar-refractivity contribution < 1.29 is 4.74 Å². The second kappa shape index (κ2) is 6.51. The number of nitrogens with two attached hydrogens (primary N) is 1. The highest BCUT2D eigenvalue weighted by molar-refractivity contribution is 7.99. The van der Waals surface area contributed by atoms with E-state index < -0.39 is 0 Å². The molecular weight excluding hydrogens is 274 g/mol. The molecule has 2 aliphatic heterocycles. The number of aromatic nitrogens is 1. The van der Waals surface area contributed by atoms with Crippen molar-refractivity contribution in [2.45, 2.75) is 0 Å². The molecule has 2 saturated heterocycles. The van der Waals surface area contributed by atoms with Crippen LogP contribution in [-0.2, 0) is 4.74 Å². The summed E-state index contributed by atoms with van der Waals surface area (Å²) in [4.78, 5) is 9.26. The van der Waals surface area contributed by atoms with Crippen LogP contribution in [0.2, 0.25) is 0 Å². The third kappa shape index (κ3) is 3.11. The number of morpholine rings is 1. The van der Waals surface area contributed by atoms with E-state index in [0.29, 0.717) is 0 Å². The molecule has 0 amide bonds. The molecule has 0 aliphatic carbocycles. The molecule has 3 rings (SSSR count). The van der Waals surface area contributed by atoms with E-state index >= 15 is 0 Å². The van der Waals surface area contributed by atoms with Crippen LogP contribution in [0.1, 0.15) is 0 Å². The average molecular weight is 295 g/mol. The highest BCUT2D eigenvalue weighted by Crippen LogP contribution is 2.26. The first kappa shape index (κ1) is 13.8. The van der Waals surface area contributed by atoms with Crippen molar-refractivity contribution >= 4 is 29.1 Å². The van der Waals surface area contributed by atoms with Gasteiger partial charge in [-0.3, -0.25) is 0 Å². The van der Waals surface area contributed by atoms with Crippen LogP contribution < -0.4 is 21.1 Å². The first-order valence-corrected chi connectivity index (χ1v) is 8.16. The lowest BCUT2D eigenvalue weighted by atomic mass is 10.3. The summed E-state index contributed by atoms with van der Waals surface area (Å²) in [6, 6.07) is 4.18. The average Bonchev–Trinajstić information content (AvgIpc) is 2.56. The van der Waals surface area contributed by atoms with Gasteiger partial charge in [0.25, 0.3) is 0 Å². The minimum Gasteiger partial charge on any atom is -0.378 e. The zero-order valence-corrected chi connectivity index (χ0v) is 12.4. The number of nitrogens with zero attached hydrogens (tertiary/aromatic N) is 3. The molecule has 110 valence electrons. The maximum absolute atomic E-state index is 5.57. The summed E-state index contributed by atoms with van der Waals surface area (Å²) in [5.41, 5.74) is 3.86. The van der Waals surface area contributed by atoms with Gasteiger partial charge in [-0.2, -0.15) is 11.8 Å². The van der Waals surface area contributed by atoms with E-state index in [0.717, 1.165) is 62.5 Å². The molecule has 20 heavy (non-hydrogen) atoms. The van der Waals surface area contributed by atoms with Crippen LogP contribution in [0, 0.1) is 0 Å². The van der Waals surface area contributed by atoms with Crippen LogP contribution in [-0.4, -0.2) is 55.9 Å². The van der Waals surface area contributed by atoms with Gasteiger partial charge < -0.3 is 20.0 Å². The quantitative estimate of drug-likeness (QED) is 0.630. The van der Waals surface area contributed by atoms with Gasteiger partial charge in [0.05, 0.1) is 13.2 Å². The minimum atomic E-state index is 0.724. The Morgan fingerprint density at radius 1 is 1.10 bits per heavy atom. The Morgan fingerprint density at radius 2 is 1.85 bits per heavy atom. The molecule has 0 atom stereocenters. The number of hydrogen-bond acceptors (Lipinski definition) is 7. The minimum absolute atomic E-state index is 0.724. The number of hydrogen-bond donors (Lipinski definition) is 2. The summed E-state index contributed by atoms with van der Waals surface area (Å²) in [7, 11) is 0. The maximum atomic E-state index is 5.57. The molecule has 0 saturated carbocycles. The molecule has 2 aliphatic rings. The fourth-order valence-corrected chi connectivity index (χ4v) is 3.44. The van der Waals surface area contributed by atoms with Gasteiger partial charge in [-0.05, 0) is 0 Å². The molecule has 2 fully saturated rings. The zero-order valence-electron chi connectivity index (χ0n) is 11.5. The largest absolute Gasteiger partial charge is 0.378 e. The zero-order chi connectivity index (χ0) is 13.8. The fourth-order valence-electron chi connectivity index (χ4n) is 2.53. The van der Waals surface area contributed by atoms with Crippen LogP contribution in [0.5, 0.6) is 0 Å². The summed E-state index contributed by atoms with van der Waals surface area (Å²) < 4.78 is 5.41. The van der Waals surface area contributed by atoms with Crippen molar-refractivity contribution in [2.24, 2.45) is 5.84 Å². The maximum Gasteiger partial charge on any atom is 0.144 e. The van der Waals surface area contributed by atoms with Gasteiger partial charge in [0.2, 0.25) is 0 Å². The molecule has 1 aromatic rings. The van der Waals surface area contributed by atoms with E-state index in [4.69, 9.17) is 10.6 Å². The number of rotatable bonds is 3. The van der Waals surface area contributed by atoms with Gasteiger partial charge >= 0.3 is 0 Å². The second-order valence-electron chi connectivity index (χ2n) is 4.91. The highest BCUT2D eigenvalue weighted by atomic mass is 32.2. The Morgan fingerprint density at radius 3 is 2.55 bits per heavy atom. The van der Waals surface area contributed by atoms with Crippen LogP contribution in [0.25, 0.3) is 0 Å². The molecule has 0 aromatic carbocycles. The standard InChI is InChI=1S/C13H21N5OS/c14-16-12-9-11(17-1-5-19-6-2-17)10-13(15-12)18-3-7-20-8-4-18/h9-10H,1-8,14H2,(H,15,16). The van der Waals surface area contributed by atoms with Crippen molar-refractivity contribution in [2.75, 3.05) is 66.1 Å². The van der Waals surface area contributed by atoms with Crippen molar-refractivity contribution in [3.63, 3.8) is 0 Å². The fraction of sp³-hybridized carbons (Fsp3) is 0.615. The highest BCUT2D eigenvalue weighted by Gasteiger charge is 2.17. The summed E-state index contributed by atoms with van der Waals surface area (Å²) in [6.07, 6.45) is 0. The first-order valence-electron chi connectivity index (χ1n) is 7.01. The lowest BCUT2D eigenvalue weighted by molar-refractivity contribution is 0.122. The molecule has 3 N–H and O–H groups in total. The van der Waals surface area contributed by atoms with Gasteiger partial charge in [0, 0.05) is 55.5 Å². The van der Waals surface area contributed by atoms with E-state index in [1.807, 2.05) is 17.8 Å². The third-order valence-corrected chi connectivity index (χ3v) is 4.60. The summed E-state index contributed by atoms with van der Waals surface area (Å²) in [6.45, 7) is 5.50. The van der Waals surface area contributed by atoms with Crippen molar-refractivity contribution in [3.8, 4) is 0 Å². The third-order valence-electron chi connectivity index (χ3n) is 3.66. The summed E-state index contributed by atoms with van der Waals surface area (Å²) in [5.74, 6) is 9.63. The molecule has 3 heterocycles. The molecule has 0 bridgehead atoms. The number of hydrazine groups is 1. The molecule has 7 heteroatoms. The van der Waals surface area contributed by atoms with E-state index in [1.165, 1.54) is 5.69 Å². The predicted molar refractivity (Wildman–Crippen MR) is 84.6 cm³/mol. The monoisotopic (exact) mass is 295 g/mol. The summed E-state index contributed by atoms with van der Waals surface area (Å²) in [5, 5.41) is 0. The Hall–Kier alpha value is -1.18. The van der Waals surface area contributed by atoms with Gasteiger partial charge in [-0.1, -0.05) is 0 Å². The number of ether oxygens (including phenoxy) is 1. The Bertz CT molecular complexity index is 410. The van der Waals surface area contributed by atoms with E-state index in [9.17, 15) is 0 Å². The number of nitrogens with one attached hydrogen (secondary N) is 1. The number of thioether (sulfide) groups is 1. The number of nitrogen functional groups attached to an aromatic ring is 1. The summed E-state index contributed by atoms with van der Waals surface area (Å²) >= 11 is 2.00. The van der Waals surface area contributed by atoms with E-state index in [2.05, 4.69) is 26.3 Å². The molecule has 6 nitrogen and oxygen atoms in total. The van der Waals surface area contributed by atoms with E-state index in [1.54, 1.807) is 0 Å². The molecule has 1 aromatic heterocycles. The molecular formula is C13H21N5OS. The second-order valence-corrected chi connectivity index (χ2v) is 6.14. The van der Waals surface area contributed by atoms with Crippen LogP contribution in [0.15, 0.2) is 12.1 Å². The van der Waals surface area contributed by atoms with Crippen LogP contribution in [0.4, 0.5) is 17.3 Å². The van der Waals surface area contributed by atoms with Gasteiger partial charge in [0.15, 0.2) is 0 Å². The normalized spacial score (nSPS) is 20.1. The Kier molecular flexibility index (Phi) is 4.49. The molecule has 0 spiro atoms. The first-order chi connectivity index (χ1) is 9.86. The molecule has 0 unspecified atom stereocenters. The van der Waals surface area contributed by atoms with Gasteiger partial charge in [-0.25, -0.2) is 10.8 Å². The van der Waals surface area contributed by atoms with Crippen molar-refractivity contribution in [1.29, 1.82) is 0 Å². The molecule has 0 radical (unpaired) electrons. The van der Waals surface area contributed by atoms with Crippen molar-refractivity contribution in [3.05, 3.63) is 12.1 Å². The van der Waals surface area contributed by atoms with Crippen molar-refractivity contribution in [1.82, 2.24) is 4.98 Å². The Labute approximate surface area is 123 Å². The van der Waals surface area contributed by atoms with Crippen LogP contribution in [0.3, 0.4) is 0 Å². The van der Waals surface area contributed by atoms with Gasteiger partial charge in [-0.15, -0.1) is 0 Å². The topological polar surface area (TPSA) is 66.7 Å². The predicted octanol–water partition coefficient (Wildman–Crippen LogP) is 0.757. The Balaban J connectivity index is 1.85. The van der Waals surface area contributed by atoms with Gasteiger partial charge in [0.1, 0.15) is 11.6 Å².